The van der Waals surface area contributed by atoms with Gasteiger partial charge in [-0.3, -0.25) is 4.79 Å². The van der Waals surface area contributed by atoms with Gasteiger partial charge in [0, 0.05) is 36.0 Å². The zero-order valence-electron chi connectivity index (χ0n) is 14.9. The van der Waals surface area contributed by atoms with E-state index in [1.165, 1.54) is 5.56 Å². The van der Waals surface area contributed by atoms with Crippen LogP contribution in [0.15, 0.2) is 91.3 Å². The van der Waals surface area contributed by atoms with Crippen molar-refractivity contribution in [2.45, 2.75) is 6.42 Å². The zero-order valence-corrected chi connectivity index (χ0v) is 14.9. The Bertz CT molecular complexity index is 869. The summed E-state index contributed by atoms with van der Waals surface area (Å²) in [5.41, 5.74) is 3.81. The number of allylic oxidation sites excluding steroid dienone is 1. The number of aromatic nitrogens is 1. The molecule has 0 saturated heterocycles. The average molecular weight is 343 g/mol. The fourth-order valence-corrected chi connectivity index (χ4v) is 2.71. The minimum Gasteiger partial charge on any atom is -0.384 e. The van der Waals surface area contributed by atoms with Gasteiger partial charge in [-0.25, -0.2) is 4.57 Å². The first kappa shape index (κ1) is 17.6. The van der Waals surface area contributed by atoms with Gasteiger partial charge in [0.1, 0.15) is 7.05 Å². The van der Waals surface area contributed by atoms with E-state index in [2.05, 4.69) is 17.4 Å². The highest BCUT2D eigenvalue weighted by Crippen LogP contribution is 2.13. The molecule has 0 atom stereocenters. The second kappa shape index (κ2) is 8.77. The number of nitrogens with one attached hydrogen (secondary N) is 1. The standard InChI is InChI=1S/C23H22N2O/c1-25-16-13-19(14-17-25)12-15-24-22(20-8-4-2-5-9-20)18-23(26)21-10-6-3-7-11-21/h2-11,13-14,16-18H,12,15H2,1H3/p+1. The van der Waals surface area contributed by atoms with Gasteiger partial charge < -0.3 is 5.32 Å². The molecule has 1 heterocycles. The van der Waals surface area contributed by atoms with Crippen molar-refractivity contribution in [3.05, 3.63) is 108 Å². The minimum absolute atomic E-state index is 0.00342. The van der Waals surface area contributed by atoms with Crippen molar-refractivity contribution < 1.29 is 9.36 Å². The molecule has 3 heteroatoms. The largest absolute Gasteiger partial charge is 0.384 e. The van der Waals surface area contributed by atoms with Crippen LogP contribution < -0.4 is 9.88 Å². The Balaban J connectivity index is 1.74. The average Bonchev–Trinajstić information content (AvgIpc) is 2.70. The Hall–Kier alpha value is -3.20. The number of hydrogen-bond acceptors (Lipinski definition) is 2. The number of rotatable bonds is 7. The molecule has 2 aromatic carbocycles. The maximum absolute atomic E-state index is 12.6. The fraction of sp³-hybridized carbons (Fsp3) is 0.130. The van der Waals surface area contributed by atoms with E-state index < -0.39 is 0 Å². The smallest absolute Gasteiger partial charge is 0.187 e. The molecular weight excluding hydrogens is 320 g/mol. The van der Waals surface area contributed by atoms with E-state index in [4.69, 9.17) is 0 Å². The molecule has 130 valence electrons. The number of benzene rings is 2. The first-order chi connectivity index (χ1) is 12.7. The molecule has 3 nitrogen and oxygen atoms in total. The van der Waals surface area contributed by atoms with Gasteiger partial charge in [0.15, 0.2) is 18.2 Å². The summed E-state index contributed by atoms with van der Waals surface area (Å²) < 4.78 is 2.02. The number of pyridine rings is 1. The van der Waals surface area contributed by atoms with E-state index in [9.17, 15) is 4.79 Å². The molecule has 0 radical (unpaired) electrons. The normalized spacial score (nSPS) is 11.2. The van der Waals surface area contributed by atoms with E-state index in [0.717, 1.165) is 24.2 Å². The van der Waals surface area contributed by atoms with Gasteiger partial charge in [0.2, 0.25) is 0 Å². The number of carbonyl (C=O) groups is 1. The molecule has 0 spiro atoms. The van der Waals surface area contributed by atoms with Crippen LogP contribution in [-0.2, 0) is 13.5 Å². The van der Waals surface area contributed by atoms with Crippen LogP contribution >= 0.6 is 0 Å². The second-order valence-corrected chi connectivity index (χ2v) is 6.20. The van der Waals surface area contributed by atoms with Crippen molar-refractivity contribution in [2.24, 2.45) is 7.05 Å². The molecule has 0 fully saturated rings. The molecule has 0 aliphatic rings. The van der Waals surface area contributed by atoms with Crippen LogP contribution in [0.4, 0.5) is 0 Å². The highest BCUT2D eigenvalue weighted by atomic mass is 16.1. The summed E-state index contributed by atoms with van der Waals surface area (Å²) in [4.78, 5) is 12.6. The third-order valence-corrected chi connectivity index (χ3v) is 4.20. The van der Waals surface area contributed by atoms with Gasteiger partial charge in [-0.1, -0.05) is 60.7 Å². The third kappa shape index (κ3) is 4.90. The monoisotopic (exact) mass is 343 g/mol. The predicted molar refractivity (Wildman–Crippen MR) is 105 cm³/mol. The third-order valence-electron chi connectivity index (χ3n) is 4.20. The first-order valence-electron chi connectivity index (χ1n) is 8.77. The maximum Gasteiger partial charge on any atom is 0.187 e. The lowest BCUT2D eigenvalue weighted by Crippen LogP contribution is -2.26. The quantitative estimate of drug-likeness (QED) is 0.404. The highest BCUT2D eigenvalue weighted by molar-refractivity contribution is 6.08. The van der Waals surface area contributed by atoms with Crippen molar-refractivity contribution >= 4 is 11.5 Å². The summed E-state index contributed by atoms with van der Waals surface area (Å²) in [6, 6.07) is 23.5. The highest BCUT2D eigenvalue weighted by Gasteiger charge is 2.07. The van der Waals surface area contributed by atoms with Gasteiger partial charge in [0.25, 0.3) is 0 Å². The van der Waals surface area contributed by atoms with E-state index in [-0.39, 0.29) is 5.78 Å². The lowest BCUT2D eigenvalue weighted by molar-refractivity contribution is -0.671. The molecule has 26 heavy (non-hydrogen) atoms. The van der Waals surface area contributed by atoms with Crippen molar-refractivity contribution in [3.8, 4) is 0 Å². The SMILES string of the molecule is C[n+]1ccc(CCN/C(=C\C(=O)c2ccccc2)c2ccccc2)cc1. The van der Waals surface area contributed by atoms with Crippen LogP contribution in [0.25, 0.3) is 5.70 Å². The van der Waals surface area contributed by atoms with E-state index in [0.29, 0.717) is 5.56 Å². The van der Waals surface area contributed by atoms with E-state index >= 15 is 0 Å². The summed E-state index contributed by atoms with van der Waals surface area (Å²) in [7, 11) is 2.01. The summed E-state index contributed by atoms with van der Waals surface area (Å²) in [5, 5.41) is 3.43. The number of hydrogen-bond donors (Lipinski definition) is 1. The van der Waals surface area contributed by atoms with Gasteiger partial charge in [-0.05, 0) is 17.5 Å². The fourth-order valence-electron chi connectivity index (χ4n) is 2.71. The molecule has 0 aliphatic carbocycles. The van der Waals surface area contributed by atoms with Crippen LogP contribution in [-0.4, -0.2) is 12.3 Å². The second-order valence-electron chi connectivity index (χ2n) is 6.20. The van der Waals surface area contributed by atoms with Crippen LogP contribution in [0.3, 0.4) is 0 Å². The summed E-state index contributed by atoms with van der Waals surface area (Å²) in [6.07, 6.45) is 6.67. The van der Waals surface area contributed by atoms with Crippen LogP contribution in [0.5, 0.6) is 0 Å². The Morgan fingerprint density at radius 2 is 1.46 bits per heavy atom. The first-order valence-corrected chi connectivity index (χ1v) is 8.77. The van der Waals surface area contributed by atoms with Crippen molar-refractivity contribution in [3.63, 3.8) is 0 Å². The lowest BCUT2D eigenvalue weighted by Gasteiger charge is -2.11. The molecule has 3 aromatic rings. The van der Waals surface area contributed by atoms with Crippen molar-refractivity contribution in [1.82, 2.24) is 5.32 Å². The van der Waals surface area contributed by atoms with Crippen molar-refractivity contribution in [2.75, 3.05) is 6.54 Å². The van der Waals surface area contributed by atoms with E-state index in [1.54, 1.807) is 6.08 Å². The molecule has 0 saturated carbocycles. The van der Waals surface area contributed by atoms with Crippen molar-refractivity contribution in [1.29, 1.82) is 0 Å². The molecule has 0 aliphatic heterocycles. The Morgan fingerprint density at radius 1 is 0.885 bits per heavy atom. The van der Waals surface area contributed by atoms with Crippen LogP contribution in [0.1, 0.15) is 21.5 Å². The van der Waals surface area contributed by atoms with E-state index in [1.807, 2.05) is 84.7 Å². The number of aryl methyl sites for hydroxylation is 1. The maximum atomic E-state index is 12.6. The molecule has 0 amide bonds. The van der Waals surface area contributed by atoms with Crippen LogP contribution in [0, 0.1) is 0 Å². The molecule has 3 rings (SSSR count). The Kier molecular flexibility index (Phi) is 5.94. The molecule has 0 bridgehead atoms. The van der Waals surface area contributed by atoms with Crippen LogP contribution in [0.2, 0.25) is 0 Å². The van der Waals surface area contributed by atoms with Gasteiger partial charge in [-0.2, -0.15) is 0 Å². The summed E-state index contributed by atoms with van der Waals surface area (Å²) in [6.45, 7) is 0.760. The molecule has 1 aromatic heterocycles. The molecular formula is C23H23N2O+. The summed E-state index contributed by atoms with van der Waals surface area (Å²) in [5.74, 6) is 0.00342. The zero-order chi connectivity index (χ0) is 18.2. The number of carbonyl (C=O) groups excluding carboxylic acids is 1. The topological polar surface area (TPSA) is 33.0 Å². The molecule has 1 N–H and O–H groups in total. The Labute approximate surface area is 154 Å². The van der Waals surface area contributed by atoms with Gasteiger partial charge in [-0.15, -0.1) is 0 Å². The van der Waals surface area contributed by atoms with Gasteiger partial charge >= 0.3 is 0 Å². The number of nitrogens with zero attached hydrogens (tertiary/aromatic N) is 1. The Morgan fingerprint density at radius 3 is 2.08 bits per heavy atom. The molecule has 0 unspecified atom stereocenters. The minimum atomic E-state index is 0.00342. The summed E-state index contributed by atoms with van der Waals surface area (Å²) >= 11 is 0. The van der Waals surface area contributed by atoms with Gasteiger partial charge in [0.05, 0.1) is 0 Å². The number of ketones is 1. The predicted octanol–water partition coefficient (Wildman–Crippen LogP) is 3.57. The lowest BCUT2D eigenvalue weighted by atomic mass is 10.1.